The van der Waals surface area contributed by atoms with Gasteiger partial charge in [-0.15, -0.1) is 0 Å². The Morgan fingerprint density at radius 2 is 1.64 bits per heavy atom. The normalized spacial score (nSPS) is 12.2. The molecule has 5 heteroatoms. The molecule has 0 spiro atoms. The fourth-order valence-electron chi connectivity index (χ4n) is 4.14. The van der Waals surface area contributed by atoms with Gasteiger partial charge in [-0.2, -0.15) is 0 Å². The number of para-hydroxylation sites is 1. The lowest BCUT2D eigenvalue weighted by Crippen LogP contribution is -2.39. The van der Waals surface area contributed by atoms with Crippen LogP contribution in [-0.4, -0.2) is 26.9 Å². The van der Waals surface area contributed by atoms with Gasteiger partial charge >= 0.3 is 0 Å². The first-order chi connectivity index (χ1) is 15.9. The fourth-order valence-corrected chi connectivity index (χ4v) is 4.14. The number of amides is 1. The van der Waals surface area contributed by atoms with Crippen molar-refractivity contribution in [3.05, 3.63) is 106 Å². The fraction of sp³-hybridized carbons (Fsp3) is 0.250. The minimum atomic E-state index is -0.419. The standard InChI is InChI=1S/C28H29N3O2/c1-19(2)18-30(27(32)22-12-6-5-7-13-22)21(4)26-29-25-16-9-8-15-24(25)28(33)31(26)23-14-10-11-20(3)17-23/h5-17,19,21H,18H2,1-4H3. The lowest BCUT2D eigenvalue weighted by atomic mass is 10.1. The molecule has 0 aliphatic carbocycles. The highest BCUT2D eigenvalue weighted by atomic mass is 16.2. The molecule has 168 valence electrons. The second-order valence-electron chi connectivity index (χ2n) is 8.86. The zero-order valence-corrected chi connectivity index (χ0v) is 19.5. The number of nitrogens with zero attached hydrogens (tertiary/aromatic N) is 3. The molecule has 0 aliphatic rings. The lowest BCUT2D eigenvalue weighted by Gasteiger charge is -2.32. The van der Waals surface area contributed by atoms with Crippen LogP contribution in [0.2, 0.25) is 0 Å². The predicted octanol–water partition coefficient (Wildman–Crippen LogP) is 5.55. The SMILES string of the molecule is Cc1cccc(-n2c(C(C)N(CC(C)C)C(=O)c3ccccc3)nc3ccccc3c2=O)c1. The van der Waals surface area contributed by atoms with Gasteiger partial charge in [0.2, 0.25) is 0 Å². The number of fused-ring (bicyclic) bond motifs is 1. The van der Waals surface area contributed by atoms with E-state index >= 15 is 0 Å². The minimum absolute atomic E-state index is 0.0741. The Balaban J connectivity index is 1.93. The van der Waals surface area contributed by atoms with E-state index in [2.05, 4.69) is 13.8 Å². The summed E-state index contributed by atoms with van der Waals surface area (Å²) < 4.78 is 1.66. The third-order valence-electron chi connectivity index (χ3n) is 5.75. The van der Waals surface area contributed by atoms with E-state index in [4.69, 9.17) is 4.98 Å². The van der Waals surface area contributed by atoms with Gasteiger partial charge in [0.05, 0.1) is 22.6 Å². The molecule has 4 aromatic rings. The average Bonchev–Trinajstić information content (AvgIpc) is 2.82. The summed E-state index contributed by atoms with van der Waals surface area (Å²) >= 11 is 0. The average molecular weight is 440 g/mol. The third kappa shape index (κ3) is 4.58. The van der Waals surface area contributed by atoms with E-state index < -0.39 is 6.04 Å². The number of aromatic nitrogens is 2. The Labute approximate surface area is 194 Å². The number of hydrogen-bond acceptors (Lipinski definition) is 3. The molecule has 0 saturated carbocycles. The zero-order valence-electron chi connectivity index (χ0n) is 19.5. The highest BCUT2D eigenvalue weighted by Crippen LogP contribution is 2.25. The van der Waals surface area contributed by atoms with E-state index in [0.29, 0.717) is 28.8 Å². The molecule has 0 N–H and O–H groups in total. The van der Waals surface area contributed by atoms with Gasteiger partial charge in [0, 0.05) is 12.1 Å². The van der Waals surface area contributed by atoms with E-state index in [9.17, 15) is 9.59 Å². The van der Waals surface area contributed by atoms with Crippen LogP contribution < -0.4 is 5.56 Å². The molecule has 1 heterocycles. The van der Waals surface area contributed by atoms with Crippen molar-refractivity contribution >= 4 is 16.8 Å². The van der Waals surface area contributed by atoms with Crippen molar-refractivity contribution in [2.75, 3.05) is 6.54 Å². The molecule has 0 saturated heterocycles. The Kier molecular flexibility index (Phi) is 6.40. The van der Waals surface area contributed by atoms with Gasteiger partial charge in [0.1, 0.15) is 5.82 Å². The number of benzene rings is 3. The Bertz CT molecular complexity index is 1340. The van der Waals surface area contributed by atoms with Crippen LogP contribution in [0.4, 0.5) is 0 Å². The molecule has 1 atom stereocenters. The second kappa shape index (κ2) is 9.41. The zero-order chi connectivity index (χ0) is 23.5. The molecule has 1 aromatic heterocycles. The molecule has 5 nitrogen and oxygen atoms in total. The largest absolute Gasteiger partial charge is 0.328 e. The van der Waals surface area contributed by atoms with Crippen LogP contribution in [0.1, 0.15) is 48.6 Å². The monoisotopic (exact) mass is 439 g/mol. The van der Waals surface area contributed by atoms with Crippen LogP contribution in [0.25, 0.3) is 16.6 Å². The van der Waals surface area contributed by atoms with Gasteiger partial charge in [0.25, 0.3) is 11.5 Å². The first-order valence-corrected chi connectivity index (χ1v) is 11.3. The highest BCUT2D eigenvalue weighted by Gasteiger charge is 2.28. The van der Waals surface area contributed by atoms with Crippen molar-refractivity contribution in [1.82, 2.24) is 14.5 Å². The molecule has 0 aliphatic heterocycles. The van der Waals surface area contributed by atoms with Gasteiger partial charge in [-0.25, -0.2) is 4.98 Å². The summed E-state index contributed by atoms with van der Waals surface area (Å²) in [5.41, 5.74) is 2.91. The van der Waals surface area contributed by atoms with Crippen LogP contribution in [0.3, 0.4) is 0 Å². The van der Waals surface area contributed by atoms with Gasteiger partial charge < -0.3 is 4.90 Å². The van der Waals surface area contributed by atoms with Crippen LogP contribution in [0.15, 0.2) is 83.7 Å². The summed E-state index contributed by atoms with van der Waals surface area (Å²) in [6.07, 6.45) is 0. The van der Waals surface area contributed by atoms with Crippen molar-refractivity contribution in [2.24, 2.45) is 5.92 Å². The van der Waals surface area contributed by atoms with Crippen molar-refractivity contribution in [3.63, 3.8) is 0 Å². The first-order valence-electron chi connectivity index (χ1n) is 11.3. The topological polar surface area (TPSA) is 55.2 Å². The summed E-state index contributed by atoms with van der Waals surface area (Å²) in [5, 5.41) is 0.555. The Hall–Kier alpha value is -3.73. The maximum Gasteiger partial charge on any atom is 0.266 e. The summed E-state index contributed by atoms with van der Waals surface area (Å²) in [7, 11) is 0. The summed E-state index contributed by atoms with van der Waals surface area (Å²) in [5.74, 6) is 0.726. The molecule has 0 bridgehead atoms. The van der Waals surface area contributed by atoms with E-state index in [1.165, 1.54) is 0 Å². The quantitative estimate of drug-likeness (QED) is 0.396. The summed E-state index contributed by atoms with van der Waals surface area (Å²) in [6, 6.07) is 24.0. The summed E-state index contributed by atoms with van der Waals surface area (Å²) in [6.45, 7) is 8.66. The van der Waals surface area contributed by atoms with Crippen LogP contribution in [-0.2, 0) is 0 Å². The molecule has 33 heavy (non-hydrogen) atoms. The lowest BCUT2D eigenvalue weighted by molar-refractivity contribution is 0.0655. The number of rotatable bonds is 6. The molecule has 0 fully saturated rings. The van der Waals surface area contributed by atoms with Crippen molar-refractivity contribution in [3.8, 4) is 5.69 Å². The van der Waals surface area contributed by atoms with Crippen LogP contribution in [0, 0.1) is 12.8 Å². The Morgan fingerprint density at radius 1 is 0.939 bits per heavy atom. The number of carbonyl (C=O) groups is 1. The van der Waals surface area contributed by atoms with E-state index in [0.717, 1.165) is 11.3 Å². The smallest absolute Gasteiger partial charge is 0.266 e. The van der Waals surface area contributed by atoms with Gasteiger partial charge in [-0.05, 0) is 61.7 Å². The van der Waals surface area contributed by atoms with Crippen molar-refractivity contribution in [1.29, 1.82) is 0 Å². The van der Waals surface area contributed by atoms with Crippen LogP contribution >= 0.6 is 0 Å². The van der Waals surface area contributed by atoms with E-state index in [-0.39, 0.29) is 17.4 Å². The highest BCUT2D eigenvalue weighted by molar-refractivity contribution is 5.94. The molecule has 1 amide bonds. The first kappa shape index (κ1) is 22.5. The van der Waals surface area contributed by atoms with Crippen molar-refractivity contribution < 1.29 is 4.79 Å². The van der Waals surface area contributed by atoms with Crippen molar-refractivity contribution in [2.45, 2.75) is 33.7 Å². The van der Waals surface area contributed by atoms with Crippen LogP contribution in [0.5, 0.6) is 0 Å². The molecule has 3 aromatic carbocycles. The maximum atomic E-state index is 13.7. The predicted molar refractivity (Wildman–Crippen MR) is 133 cm³/mol. The van der Waals surface area contributed by atoms with Gasteiger partial charge in [-0.1, -0.05) is 56.3 Å². The molecular formula is C28H29N3O2. The third-order valence-corrected chi connectivity index (χ3v) is 5.75. The van der Waals surface area contributed by atoms with E-state index in [1.54, 1.807) is 10.6 Å². The molecule has 0 radical (unpaired) electrons. The van der Waals surface area contributed by atoms with Gasteiger partial charge in [-0.3, -0.25) is 14.2 Å². The Morgan fingerprint density at radius 3 is 2.33 bits per heavy atom. The second-order valence-corrected chi connectivity index (χ2v) is 8.86. The minimum Gasteiger partial charge on any atom is -0.328 e. The number of aryl methyl sites for hydroxylation is 1. The number of hydrogen-bond donors (Lipinski definition) is 0. The maximum absolute atomic E-state index is 13.7. The van der Waals surface area contributed by atoms with E-state index in [1.807, 2.05) is 91.5 Å². The molecular weight excluding hydrogens is 410 g/mol. The molecule has 4 rings (SSSR count). The summed E-state index contributed by atoms with van der Waals surface area (Å²) in [4.78, 5) is 34.0. The molecule has 1 unspecified atom stereocenters. The number of carbonyl (C=O) groups excluding carboxylic acids is 1. The van der Waals surface area contributed by atoms with Gasteiger partial charge in [0.15, 0.2) is 0 Å².